The summed E-state index contributed by atoms with van der Waals surface area (Å²) in [5.41, 5.74) is 2.36. The average Bonchev–Trinajstić information content (AvgIpc) is 2.85. The predicted octanol–water partition coefficient (Wildman–Crippen LogP) is 4.57. The van der Waals surface area contributed by atoms with E-state index >= 15 is 0 Å². The predicted molar refractivity (Wildman–Crippen MR) is 126 cm³/mol. The summed E-state index contributed by atoms with van der Waals surface area (Å²) >= 11 is 0. The van der Waals surface area contributed by atoms with E-state index in [9.17, 15) is 22.0 Å². The fourth-order valence-electron chi connectivity index (χ4n) is 3.77. The van der Waals surface area contributed by atoms with Crippen molar-refractivity contribution in [2.75, 3.05) is 18.4 Å². The molecule has 1 N–H and O–H groups in total. The highest BCUT2D eigenvalue weighted by Gasteiger charge is 2.32. The van der Waals surface area contributed by atoms with Gasteiger partial charge in [0.1, 0.15) is 0 Å². The largest absolute Gasteiger partial charge is 0.326 e. The van der Waals surface area contributed by atoms with E-state index in [-0.39, 0.29) is 29.8 Å². The number of sulfonamides is 1. The van der Waals surface area contributed by atoms with Gasteiger partial charge in [0.15, 0.2) is 11.6 Å². The SMILES string of the molecule is O=C(Nc1cccc(/C=C/c2ccccn2)c1)C1CCN(S(=O)(=O)c2ccc(F)c(F)c2)CC1. The van der Waals surface area contributed by atoms with Crippen molar-refractivity contribution in [1.29, 1.82) is 0 Å². The van der Waals surface area contributed by atoms with Crippen molar-refractivity contribution in [2.24, 2.45) is 5.92 Å². The molecule has 2 aromatic carbocycles. The first-order chi connectivity index (χ1) is 16.3. The van der Waals surface area contributed by atoms with Gasteiger partial charge in [-0.3, -0.25) is 9.78 Å². The Kier molecular flexibility index (Phi) is 7.14. The van der Waals surface area contributed by atoms with Gasteiger partial charge in [0, 0.05) is 30.9 Å². The van der Waals surface area contributed by atoms with Gasteiger partial charge in [0.05, 0.1) is 10.6 Å². The van der Waals surface area contributed by atoms with Crippen LogP contribution < -0.4 is 5.32 Å². The minimum atomic E-state index is -3.96. The summed E-state index contributed by atoms with van der Waals surface area (Å²) in [6.07, 6.45) is 6.15. The second-order valence-electron chi connectivity index (χ2n) is 7.96. The Labute approximate surface area is 197 Å². The Hall–Kier alpha value is -3.43. The maximum Gasteiger partial charge on any atom is 0.243 e. The van der Waals surface area contributed by atoms with Gasteiger partial charge in [0.2, 0.25) is 15.9 Å². The topological polar surface area (TPSA) is 79.4 Å². The van der Waals surface area contributed by atoms with Gasteiger partial charge in [-0.25, -0.2) is 17.2 Å². The van der Waals surface area contributed by atoms with Gasteiger partial charge in [-0.2, -0.15) is 4.31 Å². The van der Waals surface area contributed by atoms with Crippen molar-refractivity contribution in [2.45, 2.75) is 17.7 Å². The monoisotopic (exact) mass is 483 g/mol. The summed E-state index contributed by atoms with van der Waals surface area (Å²) in [5.74, 6) is -2.86. The third-order valence-corrected chi connectivity index (χ3v) is 7.54. The standard InChI is InChI=1S/C25H23F2N3O3S/c26-23-10-9-22(17-24(23)27)34(32,33)30-14-11-19(12-15-30)25(31)29-21-6-3-4-18(16-21)7-8-20-5-1-2-13-28-20/h1-10,13,16-17,19H,11-12,14-15H2,(H,29,31)/b8-7+. The Morgan fingerprint density at radius 3 is 2.47 bits per heavy atom. The van der Waals surface area contributed by atoms with Crippen molar-refractivity contribution in [3.63, 3.8) is 0 Å². The first-order valence-electron chi connectivity index (χ1n) is 10.8. The number of anilines is 1. The highest BCUT2D eigenvalue weighted by Crippen LogP contribution is 2.26. The van der Waals surface area contributed by atoms with E-state index in [1.165, 1.54) is 4.31 Å². The molecule has 1 fully saturated rings. The van der Waals surface area contributed by atoms with Crippen molar-refractivity contribution in [1.82, 2.24) is 9.29 Å². The van der Waals surface area contributed by atoms with Crippen LogP contribution in [0.3, 0.4) is 0 Å². The molecular weight excluding hydrogens is 460 g/mol. The third-order valence-electron chi connectivity index (χ3n) is 5.64. The second-order valence-corrected chi connectivity index (χ2v) is 9.89. The zero-order valence-corrected chi connectivity index (χ0v) is 19.0. The van der Waals surface area contributed by atoms with Crippen LogP contribution in [0.25, 0.3) is 12.2 Å². The van der Waals surface area contributed by atoms with E-state index in [1.54, 1.807) is 12.3 Å². The van der Waals surface area contributed by atoms with E-state index in [0.717, 1.165) is 23.4 Å². The van der Waals surface area contributed by atoms with E-state index < -0.39 is 21.7 Å². The molecule has 9 heteroatoms. The molecule has 0 saturated carbocycles. The number of amides is 1. The lowest BCUT2D eigenvalue weighted by molar-refractivity contribution is -0.120. The maximum atomic E-state index is 13.5. The summed E-state index contributed by atoms with van der Waals surface area (Å²) in [5, 5.41) is 2.90. The molecule has 3 aromatic rings. The lowest BCUT2D eigenvalue weighted by Gasteiger charge is -2.30. The van der Waals surface area contributed by atoms with Crippen LogP contribution in [0.1, 0.15) is 24.1 Å². The summed E-state index contributed by atoms with van der Waals surface area (Å²) in [6, 6.07) is 15.5. The zero-order valence-electron chi connectivity index (χ0n) is 18.2. The van der Waals surface area contributed by atoms with Crippen molar-refractivity contribution in [3.05, 3.63) is 89.8 Å². The molecule has 0 aliphatic carbocycles. The molecule has 1 aromatic heterocycles. The number of aromatic nitrogens is 1. The Bertz CT molecular complexity index is 1310. The molecule has 34 heavy (non-hydrogen) atoms. The number of halogens is 2. The molecule has 1 aliphatic heterocycles. The lowest BCUT2D eigenvalue weighted by Crippen LogP contribution is -2.41. The first kappa shape index (κ1) is 23.7. The number of nitrogens with one attached hydrogen (secondary N) is 1. The van der Waals surface area contributed by atoms with E-state index in [4.69, 9.17) is 0 Å². The number of carbonyl (C=O) groups is 1. The minimum absolute atomic E-state index is 0.117. The molecule has 6 nitrogen and oxygen atoms in total. The van der Waals surface area contributed by atoms with E-state index in [1.807, 2.05) is 48.6 Å². The fourth-order valence-corrected chi connectivity index (χ4v) is 5.25. The number of pyridine rings is 1. The van der Waals surface area contributed by atoms with E-state index in [0.29, 0.717) is 24.6 Å². The smallest absolute Gasteiger partial charge is 0.243 e. The summed E-state index contributed by atoms with van der Waals surface area (Å²) in [6.45, 7) is 0.235. The summed E-state index contributed by atoms with van der Waals surface area (Å²) in [4.78, 5) is 16.7. The highest BCUT2D eigenvalue weighted by atomic mass is 32.2. The van der Waals surface area contributed by atoms with Gasteiger partial charge in [-0.05, 0) is 66.9 Å². The van der Waals surface area contributed by atoms with Crippen LogP contribution in [-0.4, -0.2) is 36.7 Å². The molecule has 0 radical (unpaired) electrons. The Morgan fingerprint density at radius 1 is 0.971 bits per heavy atom. The molecule has 2 heterocycles. The Balaban J connectivity index is 1.36. The molecule has 0 spiro atoms. The number of hydrogen-bond donors (Lipinski definition) is 1. The van der Waals surface area contributed by atoms with E-state index in [2.05, 4.69) is 10.3 Å². The average molecular weight is 484 g/mol. The van der Waals surface area contributed by atoms with Crippen molar-refractivity contribution in [3.8, 4) is 0 Å². The number of benzene rings is 2. The summed E-state index contributed by atoms with van der Waals surface area (Å²) < 4.78 is 53.3. The zero-order chi connectivity index (χ0) is 24.1. The first-order valence-corrected chi connectivity index (χ1v) is 12.2. The molecule has 0 unspecified atom stereocenters. The van der Waals surface area contributed by atoms with Crippen LogP contribution in [-0.2, 0) is 14.8 Å². The normalized spacial score (nSPS) is 15.5. The fraction of sp³-hybridized carbons (Fsp3) is 0.200. The quantitative estimate of drug-likeness (QED) is 0.557. The third kappa shape index (κ3) is 5.55. The number of piperidine rings is 1. The lowest BCUT2D eigenvalue weighted by atomic mass is 9.97. The molecule has 0 atom stereocenters. The number of carbonyl (C=O) groups excluding carboxylic acids is 1. The van der Waals surface area contributed by atoms with Crippen LogP contribution in [0.4, 0.5) is 14.5 Å². The van der Waals surface area contributed by atoms with Crippen LogP contribution in [0.15, 0.2) is 71.8 Å². The molecule has 1 saturated heterocycles. The van der Waals surface area contributed by atoms with Crippen molar-refractivity contribution < 1.29 is 22.0 Å². The second kappa shape index (κ2) is 10.2. The van der Waals surface area contributed by atoms with Gasteiger partial charge in [0.25, 0.3) is 0 Å². The molecule has 0 bridgehead atoms. The van der Waals surface area contributed by atoms with Crippen molar-refractivity contribution >= 4 is 33.8 Å². The molecule has 1 aliphatic rings. The molecule has 1 amide bonds. The molecular formula is C25H23F2N3O3S. The molecule has 4 rings (SSSR count). The summed E-state index contributed by atoms with van der Waals surface area (Å²) in [7, 11) is -3.96. The number of nitrogens with zero attached hydrogens (tertiary/aromatic N) is 2. The number of rotatable bonds is 6. The van der Waals surface area contributed by atoms with Crippen LogP contribution in [0.2, 0.25) is 0 Å². The minimum Gasteiger partial charge on any atom is -0.326 e. The van der Waals surface area contributed by atoms with Crippen LogP contribution in [0.5, 0.6) is 0 Å². The van der Waals surface area contributed by atoms with Gasteiger partial charge in [-0.15, -0.1) is 0 Å². The molecule has 176 valence electrons. The van der Waals surface area contributed by atoms with Crippen LogP contribution >= 0.6 is 0 Å². The Morgan fingerprint density at radius 2 is 1.76 bits per heavy atom. The van der Waals surface area contributed by atoms with Gasteiger partial charge >= 0.3 is 0 Å². The van der Waals surface area contributed by atoms with Gasteiger partial charge < -0.3 is 5.32 Å². The highest BCUT2D eigenvalue weighted by molar-refractivity contribution is 7.89. The number of hydrogen-bond acceptors (Lipinski definition) is 4. The maximum absolute atomic E-state index is 13.5. The van der Waals surface area contributed by atoms with Gasteiger partial charge in [-0.1, -0.05) is 24.3 Å². The van der Waals surface area contributed by atoms with Crippen LogP contribution in [0, 0.1) is 17.6 Å².